The standard InChI is InChI=1S/C20H22N2O3/c1-12-6-9-17-15(10-12)19(14-4-2-3-5-16(14)22-17)20(24)25-11-18(23)21-13-7-8-13/h6,9-10,13H,2-5,7-8,11H2,1H3,(H,21,23). The number of aryl methyl sites for hydroxylation is 2. The van der Waals surface area contributed by atoms with Gasteiger partial charge < -0.3 is 10.1 Å². The van der Waals surface area contributed by atoms with Crippen LogP contribution in [0.15, 0.2) is 18.2 Å². The molecule has 1 amide bonds. The third kappa shape index (κ3) is 3.36. The van der Waals surface area contributed by atoms with Crippen molar-refractivity contribution in [3.63, 3.8) is 0 Å². The molecule has 4 rings (SSSR count). The smallest absolute Gasteiger partial charge is 0.339 e. The lowest BCUT2D eigenvalue weighted by atomic mass is 9.89. The number of ether oxygens (including phenoxy) is 1. The van der Waals surface area contributed by atoms with Crippen LogP contribution in [0.4, 0.5) is 0 Å². The number of nitrogens with zero attached hydrogens (tertiary/aromatic N) is 1. The third-order valence-corrected chi connectivity index (χ3v) is 4.90. The van der Waals surface area contributed by atoms with E-state index in [4.69, 9.17) is 9.72 Å². The van der Waals surface area contributed by atoms with Crippen LogP contribution >= 0.6 is 0 Å². The number of hydrogen-bond donors (Lipinski definition) is 1. The second-order valence-corrected chi connectivity index (χ2v) is 7.06. The zero-order valence-corrected chi connectivity index (χ0v) is 14.4. The van der Waals surface area contributed by atoms with E-state index in [-0.39, 0.29) is 18.6 Å². The van der Waals surface area contributed by atoms with Crippen LogP contribution in [-0.2, 0) is 22.4 Å². The minimum absolute atomic E-state index is 0.222. The van der Waals surface area contributed by atoms with Gasteiger partial charge in [0, 0.05) is 17.1 Å². The van der Waals surface area contributed by atoms with Crippen molar-refractivity contribution < 1.29 is 14.3 Å². The first-order valence-corrected chi connectivity index (χ1v) is 9.00. The van der Waals surface area contributed by atoms with Crippen LogP contribution in [0, 0.1) is 6.92 Å². The predicted octanol–water partition coefficient (Wildman–Crippen LogP) is 2.86. The van der Waals surface area contributed by atoms with E-state index in [1.54, 1.807) is 0 Å². The normalized spacial score (nSPS) is 16.4. The van der Waals surface area contributed by atoms with E-state index in [1.807, 2.05) is 25.1 Å². The first kappa shape index (κ1) is 16.1. The van der Waals surface area contributed by atoms with E-state index in [2.05, 4.69) is 5.32 Å². The summed E-state index contributed by atoms with van der Waals surface area (Å²) in [6, 6.07) is 6.21. The fourth-order valence-electron chi connectivity index (χ4n) is 3.47. The van der Waals surface area contributed by atoms with Crippen molar-refractivity contribution in [3.05, 3.63) is 40.6 Å². The lowest BCUT2D eigenvalue weighted by molar-refractivity contribution is -0.124. The number of rotatable bonds is 4. The zero-order valence-electron chi connectivity index (χ0n) is 14.4. The van der Waals surface area contributed by atoms with E-state index in [1.165, 1.54) is 0 Å². The summed E-state index contributed by atoms with van der Waals surface area (Å²) in [4.78, 5) is 29.4. The second-order valence-electron chi connectivity index (χ2n) is 7.06. The fourth-order valence-corrected chi connectivity index (χ4v) is 3.47. The van der Waals surface area contributed by atoms with Crippen molar-refractivity contribution >= 4 is 22.8 Å². The van der Waals surface area contributed by atoms with Crippen LogP contribution in [0.1, 0.15) is 52.9 Å². The van der Waals surface area contributed by atoms with Crippen LogP contribution < -0.4 is 5.32 Å². The minimum atomic E-state index is -0.415. The molecule has 0 atom stereocenters. The van der Waals surface area contributed by atoms with Crippen molar-refractivity contribution in [2.45, 2.75) is 51.5 Å². The topological polar surface area (TPSA) is 68.3 Å². The van der Waals surface area contributed by atoms with Gasteiger partial charge in [-0.1, -0.05) is 11.6 Å². The van der Waals surface area contributed by atoms with Gasteiger partial charge in [-0.25, -0.2) is 4.79 Å². The summed E-state index contributed by atoms with van der Waals surface area (Å²) in [5.74, 6) is -0.638. The van der Waals surface area contributed by atoms with Gasteiger partial charge >= 0.3 is 5.97 Å². The first-order valence-electron chi connectivity index (χ1n) is 9.00. The number of hydrogen-bond acceptors (Lipinski definition) is 4. The molecule has 1 N–H and O–H groups in total. The summed E-state index contributed by atoms with van der Waals surface area (Å²) >= 11 is 0. The SMILES string of the molecule is Cc1ccc2nc3c(c(C(=O)OCC(=O)NC4CC4)c2c1)CCCC3. The molecule has 130 valence electrons. The van der Waals surface area contributed by atoms with Gasteiger partial charge in [-0.05, 0) is 63.1 Å². The van der Waals surface area contributed by atoms with Crippen LogP contribution in [-0.4, -0.2) is 29.5 Å². The summed E-state index contributed by atoms with van der Waals surface area (Å²) < 4.78 is 5.35. The first-order chi connectivity index (χ1) is 12.1. The highest BCUT2D eigenvalue weighted by atomic mass is 16.5. The lowest BCUT2D eigenvalue weighted by Gasteiger charge is -2.20. The Labute approximate surface area is 146 Å². The molecule has 1 fully saturated rings. The van der Waals surface area contributed by atoms with Gasteiger partial charge in [0.25, 0.3) is 5.91 Å². The number of benzene rings is 1. The van der Waals surface area contributed by atoms with Gasteiger partial charge in [-0.15, -0.1) is 0 Å². The summed E-state index contributed by atoms with van der Waals surface area (Å²) in [6.45, 7) is 1.77. The number of amides is 1. The maximum atomic E-state index is 12.8. The number of esters is 1. The summed E-state index contributed by atoms with van der Waals surface area (Å²) in [5, 5.41) is 3.67. The molecular formula is C20H22N2O3. The Morgan fingerprint density at radius 2 is 2.04 bits per heavy atom. The van der Waals surface area contributed by atoms with Crippen molar-refractivity contribution in [1.82, 2.24) is 10.3 Å². The highest BCUT2D eigenvalue weighted by molar-refractivity contribution is 6.05. The quantitative estimate of drug-likeness (QED) is 0.871. The van der Waals surface area contributed by atoms with Crippen molar-refractivity contribution in [3.8, 4) is 0 Å². The Hall–Kier alpha value is -2.43. The fraction of sp³-hybridized carbons (Fsp3) is 0.450. The Balaban J connectivity index is 1.67. The van der Waals surface area contributed by atoms with Crippen LogP contribution in [0.3, 0.4) is 0 Å². The van der Waals surface area contributed by atoms with Crippen molar-refractivity contribution in [1.29, 1.82) is 0 Å². The van der Waals surface area contributed by atoms with Gasteiger partial charge in [0.2, 0.25) is 0 Å². The molecule has 0 aliphatic heterocycles. The molecule has 1 saturated carbocycles. The molecular weight excluding hydrogens is 316 g/mol. The highest BCUT2D eigenvalue weighted by Crippen LogP contribution is 2.30. The predicted molar refractivity (Wildman–Crippen MR) is 94.6 cm³/mol. The number of nitrogens with one attached hydrogen (secondary N) is 1. The van der Waals surface area contributed by atoms with Gasteiger partial charge in [-0.2, -0.15) is 0 Å². The maximum Gasteiger partial charge on any atom is 0.339 e. The molecule has 1 aromatic carbocycles. The van der Waals surface area contributed by atoms with Crippen LogP contribution in [0.2, 0.25) is 0 Å². The van der Waals surface area contributed by atoms with E-state index >= 15 is 0 Å². The molecule has 1 aromatic heterocycles. The molecule has 5 nitrogen and oxygen atoms in total. The molecule has 0 bridgehead atoms. The Kier molecular flexibility index (Phi) is 4.15. The summed E-state index contributed by atoms with van der Waals surface area (Å²) in [5.41, 5.74) is 4.49. The number of carbonyl (C=O) groups is 2. The molecule has 0 unspecified atom stereocenters. The maximum absolute atomic E-state index is 12.8. The average Bonchev–Trinajstić information content (AvgIpc) is 3.41. The molecule has 2 aromatic rings. The second kappa shape index (κ2) is 6.47. The molecule has 1 heterocycles. The number of pyridine rings is 1. The Bertz CT molecular complexity index is 856. The minimum Gasteiger partial charge on any atom is -0.452 e. The molecule has 25 heavy (non-hydrogen) atoms. The van der Waals surface area contributed by atoms with Crippen LogP contribution in [0.25, 0.3) is 10.9 Å². The average molecular weight is 338 g/mol. The number of fused-ring (bicyclic) bond motifs is 2. The Morgan fingerprint density at radius 1 is 1.24 bits per heavy atom. The molecule has 0 saturated heterocycles. The summed E-state index contributed by atoms with van der Waals surface area (Å²) in [6.07, 6.45) is 5.90. The van der Waals surface area contributed by atoms with Gasteiger partial charge in [-0.3, -0.25) is 9.78 Å². The molecule has 2 aliphatic carbocycles. The highest BCUT2D eigenvalue weighted by Gasteiger charge is 2.26. The number of aromatic nitrogens is 1. The van der Waals surface area contributed by atoms with Crippen molar-refractivity contribution in [2.24, 2.45) is 0 Å². The van der Waals surface area contributed by atoms with Gasteiger partial charge in [0.1, 0.15) is 0 Å². The summed E-state index contributed by atoms with van der Waals surface area (Å²) in [7, 11) is 0. The number of carbonyl (C=O) groups excluding carboxylic acids is 2. The van der Waals surface area contributed by atoms with Crippen LogP contribution in [0.5, 0.6) is 0 Å². The van der Waals surface area contributed by atoms with E-state index in [0.717, 1.165) is 66.2 Å². The van der Waals surface area contributed by atoms with Gasteiger partial charge in [0.15, 0.2) is 6.61 Å². The van der Waals surface area contributed by atoms with E-state index in [9.17, 15) is 9.59 Å². The lowest BCUT2D eigenvalue weighted by Crippen LogP contribution is -2.30. The largest absolute Gasteiger partial charge is 0.452 e. The van der Waals surface area contributed by atoms with Gasteiger partial charge in [0.05, 0.1) is 11.1 Å². The van der Waals surface area contributed by atoms with E-state index in [0.29, 0.717) is 5.56 Å². The molecule has 0 radical (unpaired) electrons. The molecule has 5 heteroatoms. The van der Waals surface area contributed by atoms with E-state index < -0.39 is 5.97 Å². The van der Waals surface area contributed by atoms with Crippen molar-refractivity contribution in [2.75, 3.05) is 6.61 Å². The third-order valence-electron chi connectivity index (χ3n) is 4.90. The monoisotopic (exact) mass is 338 g/mol. The Morgan fingerprint density at radius 3 is 2.84 bits per heavy atom. The zero-order chi connectivity index (χ0) is 17.4. The molecule has 2 aliphatic rings. The molecule has 0 spiro atoms.